The highest BCUT2D eigenvalue weighted by Crippen LogP contribution is 2.38. The maximum absolute atomic E-state index is 12.7. The molecular formula is C17H16F3N3O3. The molecule has 0 spiro atoms. The Morgan fingerprint density at radius 3 is 2.65 bits per heavy atom. The Morgan fingerprint density at radius 1 is 1.19 bits per heavy atom. The van der Waals surface area contributed by atoms with Crippen LogP contribution in [0.5, 0.6) is 5.75 Å². The summed E-state index contributed by atoms with van der Waals surface area (Å²) in [5, 5.41) is 16.6. The number of rotatable bonds is 3. The maximum Gasteiger partial charge on any atom is 0.432 e. The third-order valence-electron chi connectivity index (χ3n) is 4.37. The number of alkyl halides is 3. The lowest BCUT2D eigenvalue weighted by Crippen LogP contribution is -2.35. The Balaban J connectivity index is 1.65. The van der Waals surface area contributed by atoms with Crippen molar-refractivity contribution >= 4 is 11.0 Å². The summed E-state index contributed by atoms with van der Waals surface area (Å²) in [6.45, 7) is 3.49. The van der Waals surface area contributed by atoms with E-state index in [9.17, 15) is 18.3 Å². The number of nitrogens with zero attached hydrogens (tertiary/aromatic N) is 2. The molecule has 1 saturated heterocycles. The molecule has 2 N–H and O–H groups in total. The van der Waals surface area contributed by atoms with E-state index in [0.717, 1.165) is 19.2 Å². The highest BCUT2D eigenvalue weighted by atomic mass is 19.4. The van der Waals surface area contributed by atoms with Crippen molar-refractivity contribution in [3.05, 3.63) is 35.7 Å². The van der Waals surface area contributed by atoms with E-state index in [1.807, 2.05) is 5.10 Å². The smallest absolute Gasteiger partial charge is 0.432 e. The van der Waals surface area contributed by atoms with Crippen LogP contribution in [0.1, 0.15) is 11.5 Å². The number of ether oxygens (including phenoxy) is 1. The zero-order valence-corrected chi connectivity index (χ0v) is 13.6. The van der Waals surface area contributed by atoms with Crippen LogP contribution >= 0.6 is 0 Å². The number of morpholine rings is 1. The molecule has 26 heavy (non-hydrogen) atoms. The summed E-state index contributed by atoms with van der Waals surface area (Å²) in [6, 6.07) is 5.70. The van der Waals surface area contributed by atoms with Crippen LogP contribution in [0.2, 0.25) is 0 Å². The number of H-pyrrole nitrogens is 1. The van der Waals surface area contributed by atoms with Gasteiger partial charge in [-0.2, -0.15) is 18.3 Å². The summed E-state index contributed by atoms with van der Waals surface area (Å²) in [4.78, 5) is 2.17. The normalized spacial score (nSPS) is 16.4. The van der Waals surface area contributed by atoms with Crippen molar-refractivity contribution < 1.29 is 27.4 Å². The Labute approximate surface area is 146 Å². The summed E-state index contributed by atoms with van der Waals surface area (Å²) >= 11 is 0. The minimum absolute atomic E-state index is 0.0210. The van der Waals surface area contributed by atoms with Gasteiger partial charge < -0.3 is 14.3 Å². The van der Waals surface area contributed by atoms with Gasteiger partial charge in [0.2, 0.25) is 0 Å². The van der Waals surface area contributed by atoms with Crippen LogP contribution in [0.25, 0.3) is 22.2 Å². The lowest BCUT2D eigenvalue weighted by Gasteiger charge is -2.25. The Morgan fingerprint density at radius 2 is 1.96 bits per heavy atom. The van der Waals surface area contributed by atoms with Gasteiger partial charge in [0.1, 0.15) is 22.8 Å². The first-order valence-corrected chi connectivity index (χ1v) is 8.09. The highest BCUT2D eigenvalue weighted by molar-refractivity contribution is 5.91. The predicted octanol–water partition coefficient (Wildman–Crippen LogP) is 3.38. The Hall–Kier alpha value is -2.52. The summed E-state index contributed by atoms with van der Waals surface area (Å²) in [5.41, 5.74) is -0.260. The molecule has 3 heterocycles. The number of fused-ring (bicyclic) bond motifs is 1. The summed E-state index contributed by atoms with van der Waals surface area (Å²) in [5.74, 6) is 0.520. The van der Waals surface area contributed by atoms with Gasteiger partial charge >= 0.3 is 6.18 Å². The Kier molecular flexibility index (Phi) is 4.12. The fourth-order valence-electron chi connectivity index (χ4n) is 3.02. The molecule has 1 aliphatic rings. The second-order valence-corrected chi connectivity index (χ2v) is 6.14. The fourth-order valence-corrected chi connectivity index (χ4v) is 3.02. The Bertz CT molecular complexity index is 926. The monoisotopic (exact) mass is 367 g/mol. The molecule has 0 aliphatic carbocycles. The van der Waals surface area contributed by atoms with E-state index >= 15 is 0 Å². The molecule has 6 nitrogen and oxygen atoms in total. The van der Waals surface area contributed by atoms with Crippen LogP contribution < -0.4 is 0 Å². The average Bonchev–Trinajstić information content (AvgIpc) is 3.23. The van der Waals surface area contributed by atoms with Gasteiger partial charge in [0.25, 0.3) is 0 Å². The van der Waals surface area contributed by atoms with E-state index in [1.54, 1.807) is 12.1 Å². The van der Waals surface area contributed by atoms with Crippen molar-refractivity contribution in [2.75, 3.05) is 26.3 Å². The number of hydrogen-bond donors (Lipinski definition) is 2. The molecule has 0 saturated carbocycles. The lowest BCUT2D eigenvalue weighted by atomic mass is 10.1. The number of phenols is 1. The van der Waals surface area contributed by atoms with Crippen LogP contribution in [0.15, 0.2) is 28.7 Å². The molecule has 0 atom stereocenters. The standard InChI is InChI=1S/C17H16F3N3O3/c18-17(19,20)15-8-13(21-22-15)11-1-2-14-12(16(11)24)7-10(26-14)9-23-3-5-25-6-4-23/h1-2,7-8,24H,3-6,9H2,(H,21,22). The number of nitrogens with one attached hydrogen (secondary N) is 1. The third kappa shape index (κ3) is 3.15. The zero-order valence-electron chi connectivity index (χ0n) is 13.6. The van der Waals surface area contributed by atoms with Crippen molar-refractivity contribution in [1.82, 2.24) is 15.1 Å². The van der Waals surface area contributed by atoms with Crippen LogP contribution in [-0.2, 0) is 17.5 Å². The van der Waals surface area contributed by atoms with Crippen LogP contribution in [-0.4, -0.2) is 46.5 Å². The van der Waals surface area contributed by atoms with Gasteiger partial charge in [0, 0.05) is 18.7 Å². The number of phenolic OH excluding ortho intramolecular Hbond substituents is 1. The predicted molar refractivity (Wildman–Crippen MR) is 86.6 cm³/mol. The molecule has 9 heteroatoms. The van der Waals surface area contributed by atoms with Gasteiger partial charge in [0.15, 0.2) is 0 Å². The van der Waals surface area contributed by atoms with Crippen molar-refractivity contribution in [2.45, 2.75) is 12.7 Å². The van der Waals surface area contributed by atoms with Gasteiger partial charge in [0.05, 0.1) is 30.8 Å². The number of hydrogen-bond acceptors (Lipinski definition) is 5. The largest absolute Gasteiger partial charge is 0.506 e. The van der Waals surface area contributed by atoms with E-state index in [4.69, 9.17) is 9.15 Å². The maximum atomic E-state index is 12.7. The van der Waals surface area contributed by atoms with E-state index < -0.39 is 11.9 Å². The molecule has 4 rings (SSSR count). The first-order chi connectivity index (χ1) is 12.4. The summed E-state index contributed by atoms with van der Waals surface area (Å²) in [6.07, 6.45) is -4.52. The summed E-state index contributed by atoms with van der Waals surface area (Å²) < 4.78 is 49.3. The molecule has 1 aliphatic heterocycles. The minimum atomic E-state index is -4.52. The molecule has 0 unspecified atom stereocenters. The second kappa shape index (κ2) is 6.33. The zero-order chi connectivity index (χ0) is 18.3. The fraction of sp³-hybridized carbons (Fsp3) is 0.353. The number of furan rings is 1. The first-order valence-electron chi connectivity index (χ1n) is 8.09. The van der Waals surface area contributed by atoms with Crippen molar-refractivity contribution in [1.29, 1.82) is 0 Å². The van der Waals surface area contributed by atoms with Crippen LogP contribution in [0.3, 0.4) is 0 Å². The lowest BCUT2D eigenvalue weighted by molar-refractivity contribution is -0.141. The number of aromatic amines is 1. The molecule has 0 radical (unpaired) electrons. The quantitative estimate of drug-likeness (QED) is 0.742. The minimum Gasteiger partial charge on any atom is -0.506 e. The number of aromatic nitrogens is 2. The number of benzene rings is 1. The SMILES string of the molecule is Oc1c(-c2cc(C(F)(F)F)[nH]n2)ccc2oc(CN3CCOCC3)cc12. The highest BCUT2D eigenvalue weighted by Gasteiger charge is 2.33. The topological polar surface area (TPSA) is 74.5 Å². The number of halogens is 3. The van der Waals surface area contributed by atoms with Crippen molar-refractivity contribution in [3.63, 3.8) is 0 Å². The van der Waals surface area contributed by atoms with Crippen molar-refractivity contribution in [3.8, 4) is 17.0 Å². The molecular weight excluding hydrogens is 351 g/mol. The van der Waals surface area contributed by atoms with Gasteiger partial charge in [-0.25, -0.2) is 0 Å². The second-order valence-electron chi connectivity index (χ2n) is 6.14. The van der Waals surface area contributed by atoms with E-state index in [2.05, 4.69) is 10.00 Å². The van der Waals surface area contributed by atoms with Gasteiger partial charge in [-0.3, -0.25) is 10.00 Å². The van der Waals surface area contributed by atoms with E-state index in [-0.39, 0.29) is 17.0 Å². The van der Waals surface area contributed by atoms with Gasteiger partial charge in [-0.15, -0.1) is 0 Å². The van der Waals surface area contributed by atoms with E-state index in [1.165, 1.54) is 6.07 Å². The molecule has 3 aromatic rings. The summed E-state index contributed by atoms with van der Waals surface area (Å²) in [7, 11) is 0. The number of aromatic hydroxyl groups is 1. The third-order valence-corrected chi connectivity index (χ3v) is 4.37. The van der Waals surface area contributed by atoms with Crippen LogP contribution in [0.4, 0.5) is 13.2 Å². The van der Waals surface area contributed by atoms with Crippen molar-refractivity contribution in [2.24, 2.45) is 0 Å². The van der Waals surface area contributed by atoms with E-state index in [0.29, 0.717) is 36.5 Å². The van der Waals surface area contributed by atoms with Gasteiger partial charge in [-0.05, 0) is 24.3 Å². The molecule has 2 aromatic heterocycles. The molecule has 1 fully saturated rings. The van der Waals surface area contributed by atoms with Crippen LogP contribution in [0, 0.1) is 0 Å². The first kappa shape index (κ1) is 16.9. The molecule has 0 bridgehead atoms. The van der Waals surface area contributed by atoms with Gasteiger partial charge in [-0.1, -0.05) is 0 Å². The molecule has 138 valence electrons. The molecule has 1 aromatic carbocycles. The molecule has 0 amide bonds. The average molecular weight is 367 g/mol.